The van der Waals surface area contributed by atoms with E-state index < -0.39 is 16.9 Å². The molecule has 1 amide bonds. The third-order valence-electron chi connectivity index (χ3n) is 3.44. The first-order valence-corrected chi connectivity index (χ1v) is 8.18. The third-order valence-corrected chi connectivity index (χ3v) is 4.65. The van der Waals surface area contributed by atoms with E-state index in [9.17, 15) is 9.59 Å². The average Bonchev–Trinajstić information content (AvgIpc) is 3.00. The molecule has 6 heteroatoms. The Morgan fingerprint density at radius 3 is 2.52 bits per heavy atom. The fourth-order valence-corrected chi connectivity index (χ4v) is 3.17. The molecule has 1 aliphatic heterocycles. The van der Waals surface area contributed by atoms with Crippen LogP contribution in [0.3, 0.4) is 0 Å². The van der Waals surface area contributed by atoms with Crippen LogP contribution in [-0.2, 0) is 14.3 Å². The van der Waals surface area contributed by atoms with Crippen LogP contribution in [0.2, 0.25) is 5.02 Å². The summed E-state index contributed by atoms with van der Waals surface area (Å²) in [7, 11) is 0. The maximum atomic E-state index is 12.1. The van der Waals surface area contributed by atoms with Crippen LogP contribution >= 0.6 is 27.5 Å². The molecule has 2 unspecified atom stereocenters. The molecule has 1 heterocycles. The van der Waals surface area contributed by atoms with Gasteiger partial charge in [0, 0.05) is 18.1 Å². The van der Waals surface area contributed by atoms with Crippen molar-refractivity contribution in [1.82, 2.24) is 4.90 Å². The molecule has 1 aromatic rings. The van der Waals surface area contributed by atoms with Gasteiger partial charge in [0.1, 0.15) is 4.83 Å². The highest BCUT2D eigenvalue weighted by atomic mass is 79.9. The molecule has 0 saturated carbocycles. The van der Waals surface area contributed by atoms with Crippen LogP contribution in [0.15, 0.2) is 24.3 Å². The van der Waals surface area contributed by atoms with Crippen molar-refractivity contribution in [1.29, 1.82) is 0 Å². The molecular formula is C15H17BrClNO3. The zero-order valence-electron chi connectivity index (χ0n) is 11.7. The predicted molar refractivity (Wildman–Crippen MR) is 84.5 cm³/mol. The van der Waals surface area contributed by atoms with Crippen molar-refractivity contribution < 1.29 is 14.3 Å². The summed E-state index contributed by atoms with van der Waals surface area (Å²) in [6.45, 7) is 3.08. The van der Waals surface area contributed by atoms with Crippen molar-refractivity contribution in [2.45, 2.75) is 30.7 Å². The fourth-order valence-electron chi connectivity index (χ4n) is 2.29. The second kappa shape index (κ2) is 7.27. The molecule has 0 N–H and O–H groups in total. The number of halogens is 2. The molecule has 0 spiro atoms. The van der Waals surface area contributed by atoms with E-state index in [1.54, 1.807) is 36.1 Å². The minimum absolute atomic E-state index is 0.139. The Bertz CT molecular complexity index is 531. The lowest BCUT2D eigenvalue weighted by atomic mass is 10.1. The second-order valence-electron chi connectivity index (χ2n) is 5.00. The summed E-state index contributed by atoms with van der Waals surface area (Å²) in [5, 5.41) is 0.481. The first-order chi connectivity index (χ1) is 10.0. The number of ether oxygens (including phenoxy) is 1. The van der Waals surface area contributed by atoms with E-state index in [4.69, 9.17) is 16.3 Å². The van der Waals surface area contributed by atoms with Gasteiger partial charge in [0.15, 0.2) is 6.10 Å². The maximum absolute atomic E-state index is 12.1. The Morgan fingerprint density at radius 2 is 1.90 bits per heavy atom. The lowest BCUT2D eigenvalue weighted by Crippen LogP contribution is -2.38. The Morgan fingerprint density at radius 1 is 1.29 bits per heavy atom. The molecule has 114 valence electrons. The quantitative estimate of drug-likeness (QED) is 0.600. The summed E-state index contributed by atoms with van der Waals surface area (Å²) in [6, 6.07) is 7.03. The molecule has 0 aromatic heterocycles. The van der Waals surface area contributed by atoms with Crippen LogP contribution in [-0.4, -0.2) is 36.0 Å². The number of likely N-dealkylation sites (tertiary alicyclic amines) is 1. The largest absolute Gasteiger partial charge is 0.451 e. The molecule has 2 rings (SSSR count). The molecule has 1 aliphatic rings. The number of hydrogen-bond acceptors (Lipinski definition) is 3. The van der Waals surface area contributed by atoms with Gasteiger partial charge in [0.25, 0.3) is 5.91 Å². The second-order valence-corrected chi connectivity index (χ2v) is 6.32. The van der Waals surface area contributed by atoms with Crippen LogP contribution in [0.5, 0.6) is 0 Å². The molecule has 0 aliphatic carbocycles. The fraction of sp³-hybridized carbons (Fsp3) is 0.467. The smallest absolute Gasteiger partial charge is 0.325 e. The number of benzene rings is 1. The van der Waals surface area contributed by atoms with Gasteiger partial charge in [-0.3, -0.25) is 9.59 Å². The molecular weight excluding hydrogens is 358 g/mol. The van der Waals surface area contributed by atoms with Crippen LogP contribution in [0.25, 0.3) is 0 Å². The van der Waals surface area contributed by atoms with Gasteiger partial charge in [-0.25, -0.2) is 0 Å². The van der Waals surface area contributed by atoms with E-state index in [1.807, 2.05) is 0 Å². The number of esters is 1. The predicted octanol–water partition coefficient (Wildman–Crippen LogP) is 3.33. The highest BCUT2D eigenvalue weighted by molar-refractivity contribution is 9.09. The van der Waals surface area contributed by atoms with E-state index in [1.165, 1.54) is 0 Å². The number of alkyl halides is 1. The van der Waals surface area contributed by atoms with Gasteiger partial charge in [0.05, 0.1) is 0 Å². The number of carbonyl (C=O) groups is 2. The van der Waals surface area contributed by atoms with Crippen LogP contribution in [0, 0.1) is 0 Å². The zero-order chi connectivity index (χ0) is 15.4. The van der Waals surface area contributed by atoms with Gasteiger partial charge in [-0.2, -0.15) is 0 Å². The SMILES string of the molecule is CC(OC(=O)C(Br)c1ccccc1Cl)C(=O)N1CCCC1. The van der Waals surface area contributed by atoms with E-state index in [-0.39, 0.29) is 5.91 Å². The summed E-state index contributed by atoms with van der Waals surface area (Å²) in [5.74, 6) is -0.650. The normalized spacial score (nSPS) is 17.4. The lowest BCUT2D eigenvalue weighted by Gasteiger charge is -2.21. The van der Waals surface area contributed by atoms with Crippen molar-refractivity contribution in [3.8, 4) is 0 Å². The topological polar surface area (TPSA) is 46.6 Å². The van der Waals surface area contributed by atoms with Gasteiger partial charge in [-0.1, -0.05) is 45.7 Å². The van der Waals surface area contributed by atoms with E-state index in [0.29, 0.717) is 10.6 Å². The summed E-state index contributed by atoms with van der Waals surface area (Å²) >= 11 is 9.33. The van der Waals surface area contributed by atoms with Gasteiger partial charge < -0.3 is 9.64 Å². The molecule has 1 aromatic carbocycles. The van der Waals surface area contributed by atoms with Gasteiger partial charge in [0.2, 0.25) is 0 Å². The minimum Gasteiger partial charge on any atom is -0.451 e. The van der Waals surface area contributed by atoms with Crippen LogP contribution in [0.1, 0.15) is 30.2 Å². The van der Waals surface area contributed by atoms with Gasteiger partial charge in [-0.15, -0.1) is 0 Å². The molecule has 21 heavy (non-hydrogen) atoms. The maximum Gasteiger partial charge on any atom is 0.325 e. The highest BCUT2D eigenvalue weighted by Crippen LogP contribution is 2.30. The van der Waals surface area contributed by atoms with Crippen molar-refractivity contribution in [2.75, 3.05) is 13.1 Å². The molecule has 0 radical (unpaired) electrons. The van der Waals surface area contributed by atoms with Crippen molar-refractivity contribution >= 4 is 39.4 Å². The lowest BCUT2D eigenvalue weighted by molar-refractivity contribution is -0.158. The number of hydrogen-bond donors (Lipinski definition) is 0. The third kappa shape index (κ3) is 3.98. The minimum atomic E-state index is -0.780. The van der Waals surface area contributed by atoms with Gasteiger partial charge in [-0.05, 0) is 31.4 Å². The Labute approximate surface area is 137 Å². The molecule has 2 atom stereocenters. The first kappa shape index (κ1) is 16.3. The van der Waals surface area contributed by atoms with Gasteiger partial charge >= 0.3 is 5.97 Å². The van der Waals surface area contributed by atoms with Crippen molar-refractivity contribution in [3.05, 3.63) is 34.9 Å². The molecule has 1 saturated heterocycles. The monoisotopic (exact) mass is 373 g/mol. The number of nitrogens with zero attached hydrogens (tertiary/aromatic N) is 1. The number of carbonyl (C=O) groups excluding carboxylic acids is 2. The van der Waals surface area contributed by atoms with E-state index in [0.717, 1.165) is 25.9 Å². The van der Waals surface area contributed by atoms with Crippen LogP contribution < -0.4 is 0 Å². The Balaban J connectivity index is 1.97. The summed E-state index contributed by atoms with van der Waals surface area (Å²) in [5.41, 5.74) is 0.630. The summed E-state index contributed by atoms with van der Waals surface area (Å²) < 4.78 is 5.26. The molecule has 1 fully saturated rings. The summed E-state index contributed by atoms with van der Waals surface area (Å²) in [4.78, 5) is 25.3. The van der Waals surface area contributed by atoms with E-state index in [2.05, 4.69) is 15.9 Å². The molecule has 0 bridgehead atoms. The number of rotatable bonds is 4. The Hall–Kier alpha value is -1.07. The van der Waals surface area contributed by atoms with E-state index >= 15 is 0 Å². The van der Waals surface area contributed by atoms with Crippen molar-refractivity contribution in [2.24, 2.45) is 0 Å². The van der Waals surface area contributed by atoms with Crippen molar-refractivity contribution in [3.63, 3.8) is 0 Å². The van der Waals surface area contributed by atoms with Crippen LogP contribution in [0.4, 0.5) is 0 Å². The number of amides is 1. The standard InChI is InChI=1S/C15H17BrClNO3/c1-10(14(19)18-8-4-5-9-18)21-15(20)13(16)11-6-2-3-7-12(11)17/h2-3,6-7,10,13H,4-5,8-9H2,1H3. The average molecular weight is 375 g/mol. The molecule has 4 nitrogen and oxygen atoms in total. The first-order valence-electron chi connectivity index (χ1n) is 6.88. The Kier molecular flexibility index (Phi) is 5.65. The zero-order valence-corrected chi connectivity index (χ0v) is 14.1. The highest BCUT2D eigenvalue weighted by Gasteiger charge is 2.29. The summed E-state index contributed by atoms with van der Waals surface area (Å²) in [6.07, 6.45) is 1.23.